The molecule has 10 heteroatoms. The monoisotopic (exact) mass is 386 g/mol. The van der Waals surface area contributed by atoms with Gasteiger partial charge in [-0.15, -0.1) is 0 Å². The van der Waals surface area contributed by atoms with E-state index in [1.807, 2.05) is 0 Å². The van der Waals surface area contributed by atoms with Crippen LogP contribution in [0.5, 0.6) is 5.75 Å². The molecular formula is C18H22N6O4. The lowest BCUT2D eigenvalue weighted by molar-refractivity contribution is -0.138. The van der Waals surface area contributed by atoms with Crippen molar-refractivity contribution in [3.63, 3.8) is 0 Å². The van der Waals surface area contributed by atoms with Gasteiger partial charge in [0, 0.05) is 20.3 Å². The van der Waals surface area contributed by atoms with E-state index in [2.05, 4.69) is 15.8 Å². The average Bonchev–Trinajstić information content (AvgIpc) is 3.19. The molecule has 0 bridgehead atoms. The van der Waals surface area contributed by atoms with E-state index in [4.69, 9.17) is 4.74 Å². The van der Waals surface area contributed by atoms with E-state index < -0.39 is 23.4 Å². The van der Waals surface area contributed by atoms with Gasteiger partial charge < -0.3 is 15.0 Å². The Labute approximate surface area is 162 Å². The fraction of sp³-hybridized carbons (Fsp3) is 0.333. The van der Waals surface area contributed by atoms with Crippen molar-refractivity contribution in [3.05, 3.63) is 42.2 Å². The molecule has 0 unspecified atom stereocenters. The summed E-state index contributed by atoms with van der Waals surface area (Å²) in [7, 11) is 5.02. The Balaban J connectivity index is 1.69. The fourth-order valence-corrected chi connectivity index (χ4v) is 2.93. The van der Waals surface area contributed by atoms with Crippen molar-refractivity contribution in [2.75, 3.05) is 25.6 Å². The minimum atomic E-state index is -1.29. The number of nitrogens with one attached hydrogen (secondary N) is 2. The molecule has 1 fully saturated rings. The van der Waals surface area contributed by atoms with Gasteiger partial charge >= 0.3 is 6.03 Å². The number of ether oxygens (including phenoxy) is 1. The van der Waals surface area contributed by atoms with Crippen LogP contribution in [0.3, 0.4) is 0 Å². The molecule has 1 aromatic heterocycles. The highest BCUT2D eigenvalue weighted by molar-refractivity contribution is 6.08. The summed E-state index contributed by atoms with van der Waals surface area (Å²) < 4.78 is 6.72. The Morgan fingerprint density at radius 1 is 1.32 bits per heavy atom. The number of likely N-dealkylation sites (N-methyl/N-ethyl adjacent to an activating group) is 1. The van der Waals surface area contributed by atoms with Crippen LogP contribution in [0.15, 0.2) is 36.7 Å². The van der Waals surface area contributed by atoms with E-state index in [0.717, 1.165) is 5.69 Å². The number of methoxy groups -OCH3 is 1. The van der Waals surface area contributed by atoms with Gasteiger partial charge in [-0.05, 0) is 24.6 Å². The molecule has 1 aliphatic heterocycles. The lowest BCUT2D eigenvalue weighted by Crippen LogP contribution is -2.50. The highest BCUT2D eigenvalue weighted by Crippen LogP contribution is 2.29. The van der Waals surface area contributed by atoms with Crippen molar-refractivity contribution >= 4 is 23.5 Å². The largest absolute Gasteiger partial charge is 0.497 e. The second-order valence-electron chi connectivity index (χ2n) is 6.69. The number of imide groups is 1. The Hall–Kier alpha value is -3.56. The molecule has 0 aliphatic carbocycles. The van der Waals surface area contributed by atoms with Crippen molar-refractivity contribution in [2.45, 2.75) is 12.5 Å². The third-order valence-electron chi connectivity index (χ3n) is 4.61. The summed E-state index contributed by atoms with van der Waals surface area (Å²) in [5.74, 6) is -0.443. The van der Waals surface area contributed by atoms with Gasteiger partial charge in [0.05, 0.1) is 25.5 Å². The number of aromatic nitrogens is 2. The summed E-state index contributed by atoms with van der Waals surface area (Å²) in [6.45, 7) is 1.53. The van der Waals surface area contributed by atoms with Crippen LogP contribution in [0.1, 0.15) is 12.5 Å². The van der Waals surface area contributed by atoms with Gasteiger partial charge in [-0.25, -0.2) is 4.79 Å². The van der Waals surface area contributed by atoms with Crippen LogP contribution < -0.4 is 20.4 Å². The Morgan fingerprint density at radius 2 is 2.00 bits per heavy atom. The maximum absolute atomic E-state index is 12.9. The molecule has 2 aromatic rings. The van der Waals surface area contributed by atoms with Crippen LogP contribution in [0, 0.1) is 0 Å². The van der Waals surface area contributed by atoms with Gasteiger partial charge in [-0.3, -0.25) is 19.7 Å². The maximum atomic E-state index is 12.9. The van der Waals surface area contributed by atoms with E-state index in [9.17, 15) is 14.4 Å². The molecule has 1 aliphatic rings. The van der Waals surface area contributed by atoms with Gasteiger partial charge in [-0.1, -0.05) is 12.1 Å². The van der Waals surface area contributed by atoms with Gasteiger partial charge in [0.2, 0.25) is 0 Å². The molecule has 3 rings (SSSR count). The first kappa shape index (κ1) is 19.2. The topological polar surface area (TPSA) is 109 Å². The van der Waals surface area contributed by atoms with Gasteiger partial charge in [0.1, 0.15) is 11.3 Å². The molecule has 4 amide bonds. The number of amides is 4. The predicted molar refractivity (Wildman–Crippen MR) is 100 cm³/mol. The Kier molecular flexibility index (Phi) is 4.95. The van der Waals surface area contributed by atoms with Gasteiger partial charge in [0.25, 0.3) is 11.8 Å². The minimum Gasteiger partial charge on any atom is -0.497 e. The molecule has 28 heavy (non-hydrogen) atoms. The molecule has 0 spiro atoms. The number of hydrogen-bond acceptors (Lipinski definition) is 6. The number of carbonyl (C=O) groups is 3. The zero-order valence-corrected chi connectivity index (χ0v) is 16.1. The van der Waals surface area contributed by atoms with Crippen molar-refractivity contribution in [1.82, 2.24) is 25.5 Å². The van der Waals surface area contributed by atoms with E-state index in [-0.39, 0.29) is 6.54 Å². The maximum Gasteiger partial charge on any atom is 0.344 e. The van der Waals surface area contributed by atoms with Gasteiger partial charge in [-0.2, -0.15) is 10.1 Å². The van der Waals surface area contributed by atoms with Crippen LogP contribution in [-0.2, 0) is 22.2 Å². The summed E-state index contributed by atoms with van der Waals surface area (Å²) in [5.41, 5.74) is 2.40. The lowest BCUT2D eigenvalue weighted by Gasteiger charge is -2.23. The zero-order chi connectivity index (χ0) is 20.5. The molecule has 10 nitrogen and oxygen atoms in total. The normalized spacial score (nSPS) is 18.8. The van der Waals surface area contributed by atoms with Crippen LogP contribution in [0.25, 0.3) is 0 Å². The second kappa shape index (κ2) is 7.22. The van der Waals surface area contributed by atoms with Crippen LogP contribution in [0.4, 0.5) is 10.5 Å². The first-order valence-electron chi connectivity index (χ1n) is 8.55. The molecule has 2 heterocycles. The number of urea groups is 1. The van der Waals surface area contributed by atoms with Crippen molar-refractivity contribution < 1.29 is 19.1 Å². The predicted octanol–water partition coefficient (Wildman–Crippen LogP) is 0.363. The first-order valence-corrected chi connectivity index (χ1v) is 8.55. The van der Waals surface area contributed by atoms with E-state index in [1.54, 1.807) is 74.4 Å². The highest BCUT2D eigenvalue weighted by atomic mass is 16.5. The molecule has 1 aromatic carbocycles. The molecular weight excluding hydrogens is 364 g/mol. The van der Waals surface area contributed by atoms with E-state index in [0.29, 0.717) is 16.3 Å². The van der Waals surface area contributed by atoms with Crippen LogP contribution >= 0.6 is 0 Å². The highest BCUT2D eigenvalue weighted by Gasteiger charge is 2.50. The standard InChI is InChI=1S/C18H22N6O4/c1-18(12-5-7-14(28-4)8-6-12)16(26)24(17(27)20-18)21-15(25)11-22(2)13-9-19-23(3)10-13/h5-10H,11H2,1-4H3,(H,20,27)(H,21,25)/t18-/m0/s1. The average molecular weight is 386 g/mol. The number of aryl methyl sites for hydroxylation is 1. The minimum absolute atomic E-state index is 0.0536. The molecule has 1 saturated heterocycles. The number of hydrazine groups is 1. The van der Waals surface area contributed by atoms with E-state index in [1.165, 1.54) is 0 Å². The Morgan fingerprint density at radius 3 is 2.57 bits per heavy atom. The zero-order valence-electron chi connectivity index (χ0n) is 16.1. The SMILES string of the molecule is COc1ccc([C@]2(C)NC(=O)N(NC(=O)CN(C)c3cnn(C)c3)C2=O)cc1. The molecule has 0 radical (unpaired) electrons. The summed E-state index contributed by atoms with van der Waals surface area (Å²) in [6.07, 6.45) is 3.36. The van der Waals surface area contributed by atoms with Crippen molar-refractivity contribution in [3.8, 4) is 5.75 Å². The van der Waals surface area contributed by atoms with Crippen LogP contribution in [0.2, 0.25) is 0 Å². The number of hydrogen-bond donors (Lipinski definition) is 2. The number of rotatable bonds is 6. The first-order chi connectivity index (χ1) is 13.2. The van der Waals surface area contributed by atoms with Crippen molar-refractivity contribution in [1.29, 1.82) is 0 Å². The smallest absolute Gasteiger partial charge is 0.344 e. The fourth-order valence-electron chi connectivity index (χ4n) is 2.93. The number of nitrogens with zero attached hydrogens (tertiary/aromatic N) is 4. The van der Waals surface area contributed by atoms with Gasteiger partial charge in [0.15, 0.2) is 0 Å². The summed E-state index contributed by atoms with van der Waals surface area (Å²) in [4.78, 5) is 39.2. The molecule has 0 saturated carbocycles. The molecule has 1 atom stereocenters. The second-order valence-corrected chi connectivity index (χ2v) is 6.69. The lowest BCUT2D eigenvalue weighted by atomic mass is 9.92. The summed E-state index contributed by atoms with van der Waals surface area (Å²) in [5, 5.41) is 7.39. The number of carbonyl (C=O) groups excluding carboxylic acids is 3. The third kappa shape index (κ3) is 3.48. The third-order valence-corrected chi connectivity index (χ3v) is 4.61. The molecule has 2 N–H and O–H groups in total. The quantitative estimate of drug-likeness (QED) is 0.694. The van der Waals surface area contributed by atoms with Crippen LogP contribution in [-0.4, -0.2) is 53.3 Å². The van der Waals surface area contributed by atoms with E-state index >= 15 is 0 Å². The number of benzene rings is 1. The molecule has 148 valence electrons. The van der Waals surface area contributed by atoms with Crippen molar-refractivity contribution in [2.24, 2.45) is 7.05 Å². The summed E-state index contributed by atoms with van der Waals surface area (Å²) >= 11 is 0. The Bertz CT molecular complexity index is 909. The number of anilines is 1. The summed E-state index contributed by atoms with van der Waals surface area (Å²) in [6, 6.07) is 6.09.